The van der Waals surface area contributed by atoms with E-state index in [1.54, 1.807) is 0 Å². The number of rotatable bonds is 4. The molecule has 0 unspecified atom stereocenters. The van der Waals surface area contributed by atoms with Crippen molar-refractivity contribution in [3.05, 3.63) is 0 Å². The van der Waals surface area contributed by atoms with Crippen LogP contribution in [0.25, 0.3) is 0 Å². The van der Waals surface area contributed by atoms with Crippen molar-refractivity contribution in [1.29, 1.82) is 0 Å². The minimum atomic E-state index is -4.03. The van der Waals surface area contributed by atoms with E-state index in [-0.39, 0.29) is 17.5 Å². The Kier molecular flexibility index (Phi) is 4.95. The lowest BCUT2D eigenvalue weighted by Gasteiger charge is -2.03. The zero-order valence-corrected chi connectivity index (χ0v) is 6.69. The van der Waals surface area contributed by atoms with Gasteiger partial charge in [0.1, 0.15) is 0 Å². The molecule has 0 rings (SSSR count). The largest absolute Gasteiger partial charge is 0.441 e. The lowest BCUT2D eigenvalue weighted by atomic mass is 10.3. The molecule has 0 saturated carbocycles. The molecule has 0 bridgehead atoms. The summed E-state index contributed by atoms with van der Waals surface area (Å²) in [5.41, 5.74) is -4.03. The maximum absolute atomic E-state index is 11.4. The highest BCUT2D eigenvalue weighted by Crippen LogP contribution is 2.30. The first-order valence-electron chi connectivity index (χ1n) is 3.27. The highest BCUT2D eigenvalue weighted by Gasteiger charge is 2.26. The number of hydrogen-bond donors (Lipinski definition) is 0. The molecule has 10 heavy (non-hydrogen) atoms. The van der Waals surface area contributed by atoms with Crippen molar-refractivity contribution in [3.8, 4) is 0 Å². The Balaban J connectivity index is 3.04. The summed E-state index contributed by atoms with van der Waals surface area (Å²) < 4.78 is 34.3. The Labute approximate surface area is 63.2 Å². The Morgan fingerprint density at radius 3 is 2.20 bits per heavy atom. The molecule has 0 amide bonds. The monoisotopic (exact) mass is 172 g/mol. The molecule has 0 aromatic heterocycles. The minimum Gasteiger partial charge on any atom is -0.160 e. The summed E-state index contributed by atoms with van der Waals surface area (Å²) in [6, 6.07) is 0. The van der Waals surface area contributed by atoms with Crippen LogP contribution in [0.15, 0.2) is 0 Å². The van der Waals surface area contributed by atoms with Crippen molar-refractivity contribution in [2.75, 3.05) is 5.75 Å². The van der Waals surface area contributed by atoms with E-state index >= 15 is 0 Å². The zero-order valence-electron chi connectivity index (χ0n) is 5.87. The molecule has 0 spiro atoms. The lowest BCUT2D eigenvalue weighted by Crippen LogP contribution is -2.00. The molecule has 0 aliphatic heterocycles. The van der Waals surface area contributed by atoms with Gasteiger partial charge in [-0.2, -0.15) is 13.2 Å². The number of halogens is 3. The summed E-state index contributed by atoms with van der Waals surface area (Å²) in [7, 11) is 0. The average Bonchev–Trinajstić information content (AvgIpc) is 1.78. The van der Waals surface area contributed by atoms with E-state index in [0.29, 0.717) is 6.42 Å². The van der Waals surface area contributed by atoms with Gasteiger partial charge in [-0.1, -0.05) is 31.5 Å². The predicted octanol–water partition coefficient (Wildman–Crippen LogP) is 3.43. The second-order valence-electron chi connectivity index (χ2n) is 2.00. The highest BCUT2D eigenvalue weighted by atomic mass is 32.2. The van der Waals surface area contributed by atoms with Crippen molar-refractivity contribution >= 4 is 11.8 Å². The highest BCUT2D eigenvalue weighted by molar-refractivity contribution is 8.00. The van der Waals surface area contributed by atoms with E-state index in [0.717, 1.165) is 12.8 Å². The van der Waals surface area contributed by atoms with Crippen LogP contribution in [-0.4, -0.2) is 11.3 Å². The normalized spacial score (nSPS) is 12.0. The van der Waals surface area contributed by atoms with E-state index < -0.39 is 5.51 Å². The number of thioether (sulfide) groups is 1. The predicted molar refractivity (Wildman–Crippen MR) is 38.0 cm³/mol. The first-order chi connectivity index (χ1) is 4.56. The van der Waals surface area contributed by atoms with Crippen LogP contribution in [-0.2, 0) is 0 Å². The van der Waals surface area contributed by atoms with Gasteiger partial charge in [-0.3, -0.25) is 0 Å². The van der Waals surface area contributed by atoms with E-state index in [1.165, 1.54) is 0 Å². The Morgan fingerprint density at radius 1 is 1.20 bits per heavy atom. The number of alkyl halides is 3. The summed E-state index contributed by atoms with van der Waals surface area (Å²) in [5, 5.41) is 0. The van der Waals surface area contributed by atoms with Crippen LogP contribution in [0.4, 0.5) is 13.2 Å². The smallest absolute Gasteiger partial charge is 0.160 e. The van der Waals surface area contributed by atoms with Crippen molar-refractivity contribution in [2.45, 2.75) is 31.7 Å². The molecule has 0 aliphatic carbocycles. The standard InChI is InChI=1S/C6H11F3S/c1-2-3-4-5-10-6(7,8)9/h2-5H2,1H3. The summed E-state index contributed by atoms with van der Waals surface area (Å²) >= 11 is 0.0735. The van der Waals surface area contributed by atoms with Gasteiger partial charge in [-0.05, 0) is 6.42 Å². The topological polar surface area (TPSA) is 0 Å². The molecule has 0 aliphatic rings. The van der Waals surface area contributed by atoms with Crippen LogP contribution in [0.2, 0.25) is 0 Å². The first-order valence-corrected chi connectivity index (χ1v) is 4.25. The fraction of sp³-hybridized carbons (Fsp3) is 1.00. The van der Waals surface area contributed by atoms with Crippen molar-refractivity contribution in [1.82, 2.24) is 0 Å². The Hall–Kier alpha value is 0.140. The van der Waals surface area contributed by atoms with Gasteiger partial charge in [0.2, 0.25) is 0 Å². The molecule has 0 radical (unpaired) electrons. The van der Waals surface area contributed by atoms with E-state index in [9.17, 15) is 13.2 Å². The molecule has 62 valence electrons. The summed E-state index contributed by atoms with van der Waals surface area (Å²) in [4.78, 5) is 0. The second kappa shape index (κ2) is 4.88. The molecule has 0 aromatic carbocycles. The molecule has 0 heterocycles. The van der Waals surface area contributed by atoms with Gasteiger partial charge >= 0.3 is 5.51 Å². The van der Waals surface area contributed by atoms with E-state index in [2.05, 4.69) is 0 Å². The lowest BCUT2D eigenvalue weighted by molar-refractivity contribution is -0.0328. The Bertz CT molecular complexity index is 79.6. The minimum absolute atomic E-state index is 0.0735. The third-order valence-electron chi connectivity index (χ3n) is 1.01. The van der Waals surface area contributed by atoms with Crippen molar-refractivity contribution < 1.29 is 13.2 Å². The Morgan fingerprint density at radius 2 is 1.80 bits per heavy atom. The second-order valence-corrected chi connectivity index (χ2v) is 3.16. The molecule has 0 saturated heterocycles. The molecular formula is C6H11F3S. The molecular weight excluding hydrogens is 161 g/mol. The average molecular weight is 172 g/mol. The number of hydrogen-bond acceptors (Lipinski definition) is 1. The van der Waals surface area contributed by atoms with Gasteiger partial charge in [-0.25, -0.2) is 0 Å². The summed E-state index contributed by atoms with van der Waals surface area (Å²) in [6.07, 6.45) is 2.53. The zero-order chi connectivity index (χ0) is 8.04. The van der Waals surface area contributed by atoms with Gasteiger partial charge < -0.3 is 0 Å². The molecule has 0 fully saturated rings. The van der Waals surface area contributed by atoms with Crippen LogP contribution >= 0.6 is 11.8 Å². The fourth-order valence-electron chi connectivity index (χ4n) is 0.540. The number of unbranched alkanes of at least 4 members (excludes halogenated alkanes) is 2. The van der Waals surface area contributed by atoms with E-state index in [4.69, 9.17) is 0 Å². The van der Waals surface area contributed by atoms with Crippen LogP contribution in [0.5, 0.6) is 0 Å². The molecule has 0 nitrogen and oxygen atoms in total. The third kappa shape index (κ3) is 8.14. The van der Waals surface area contributed by atoms with Crippen molar-refractivity contribution in [2.24, 2.45) is 0 Å². The van der Waals surface area contributed by atoms with Gasteiger partial charge in [0.05, 0.1) is 0 Å². The molecule has 4 heteroatoms. The molecule has 0 N–H and O–H groups in total. The summed E-state index contributed by atoms with van der Waals surface area (Å²) in [6.45, 7) is 1.97. The van der Waals surface area contributed by atoms with Gasteiger partial charge in [0.25, 0.3) is 0 Å². The van der Waals surface area contributed by atoms with Gasteiger partial charge in [0, 0.05) is 5.75 Å². The molecule has 0 aromatic rings. The first kappa shape index (κ1) is 10.1. The SMILES string of the molecule is CCCCCSC(F)(F)F. The summed E-state index contributed by atoms with van der Waals surface area (Å²) in [5.74, 6) is 0.206. The quantitative estimate of drug-likeness (QED) is 0.585. The van der Waals surface area contributed by atoms with E-state index in [1.807, 2.05) is 6.92 Å². The van der Waals surface area contributed by atoms with Crippen LogP contribution < -0.4 is 0 Å². The van der Waals surface area contributed by atoms with Gasteiger partial charge in [-0.15, -0.1) is 0 Å². The van der Waals surface area contributed by atoms with Crippen molar-refractivity contribution in [3.63, 3.8) is 0 Å². The maximum atomic E-state index is 11.4. The van der Waals surface area contributed by atoms with Crippen LogP contribution in [0.3, 0.4) is 0 Å². The maximum Gasteiger partial charge on any atom is 0.441 e. The van der Waals surface area contributed by atoms with Crippen LogP contribution in [0.1, 0.15) is 26.2 Å². The van der Waals surface area contributed by atoms with Crippen LogP contribution in [0, 0.1) is 0 Å². The third-order valence-corrected chi connectivity index (χ3v) is 1.83. The molecule has 0 atom stereocenters. The van der Waals surface area contributed by atoms with Gasteiger partial charge in [0.15, 0.2) is 0 Å². The fourth-order valence-corrected chi connectivity index (χ4v) is 1.12.